The monoisotopic (exact) mass is 287 g/mol. The van der Waals surface area contributed by atoms with Crippen molar-refractivity contribution >= 4 is 5.84 Å². The van der Waals surface area contributed by atoms with Gasteiger partial charge in [-0.05, 0) is 63.0 Å². The number of nitrogens with two attached hydrogens (primary N) is 1. The number of pyridine rings is 1. The maximum Gasteiger partial charge on any atom is 0.141 e. The highest BCUT2D eigenvalue weighted by Crippen LogP contribution is 2.30. The third-order valence-corrected chi connectivity index (χ3v) is 4.94. The van der Waals surface area contributed by atoms with Crippen molar-refractivity contribution in [1.82, 2.24) is 14.8 Å². The van der Waals surface area contributed by atoms with Crippen LogP contribution in [0, 0.1) is 11.3 Å². The van der Waals surface area contributed by atoms with Gasteiger partial charge in [0.1, 0.15) is 11.5 Å². The molecule has 0 aliphatic carbocycles. The van der Waals surface area contributed by atoms with Gasteiger partial charge in [-0.1, -0.05) is 0 Å². The van der Waals surface area contributed by atoms with Crippen LogP contribution in [0.1, 0.15) is 30.5 Å². The van der Waals surface area contributed by atoms with Gasteiger partial charge >= 0.3 is 0 Å². The molecule has 3 heterocycles. The van der Waals surface area contributed by atoms with Gasteiger partial charge in [-0.15, -0.1) is 0 Å². The van der Waals surface area contributed by atoms with Crippen LogP contribution >= 0.6 is 0 Å². The topological polar surface area (TPSA) is 69.2 Å². The summed E-state index contributed by atoms with van der Waals surface area (Å²) in [6.07, 6.45) is 5.72. The number of likely N-dealkylation sites (tertiary alicyclic amines) is 2. The lowest BCUT2D eigenvalue weighted by atomic mass is 9.84. The summed E-state index contributed by atoms with van der Waals surface area (Å²) in [4.78, 5) is 9.22. The summed E-state index contributed by atoms with van der Waals surface area (Å²) in [7, 11) is 2.27. The number of nitrogens with zero attached hydrogens (tertiary/aromatic N) is 3. The van der Waals surface area contributed by atoms with Gasteiger partial charge in [-0.25, -0.2) is 0 Å². The van der Waals surface area contributed by atoms with Crippen molar-refractivity contribution in [3.8, 4) is 0 Å². The smallest absolute Gasteiger partial charge is 0.141 e. The zero-order valence-electron chi connectivity index (χ0n) is 12.8. The minimum absolute atomic E-state index is 0.0458. The van der Waals surface area contributed by atoms with Crippen LogP contribution in [-0.2, 0) is 6.54 Å². The number of nitrogens with one attached hydrogen (secondary N) is 1. The molecule has 5 heteroatoms. The summed E-state index contributed by atoms with van der Waals surface area (Å²) in [6, 6.07) is 4.76. The van der Waals surface area contributed by atoms with Crippen molar-refractivity contribution in [2.45, 2.75) is 31.8 Å². The Morgan fingerprint density at radius 2 is 2.29 bits per heavy atom. The average Bonchev–Trinajstić information content (AvgIpc) is 2.47. The Balaban J connectivity index is 1.64. The molecule has 2 fully saturated rings. The molecule has 2 aliphatic heterocycles. The Morgan fingerprint density at radius 1 is 1.43 bits per heavy atom. The van der Waals surface area contributed by atoms with Crippen LogP contribution in [0.25, 0.3) is 0 Å². The Morgan fingerprint density at radius 3 is 3.10 bits per heavy atom. The van der Waals surface area contributed by atoms with Crippen LogP contribution in [0.5, 0.6) is 0 Å². The zero-order valence-corrected chi connectivity index (χ0v) is 12.8. The molecular weight excluding hydrogens is 262 g/mol. The number of hydrogen-bond acceptors (Lipinski definition) is 4. The standard InChI is InChI=1S/C16H25N5/c1-20-7-2-3-13-11-21(8-5-15(13)20)10-12-4-6-19-14(9-12)16(17)18/h4,6,9,13,15H,2-3,5,7-8,10-11H2,1H3,(H3,17,18). The van der Waals surface area contributed by atoms with Crippen LogP contribution in [-0.4, -0.2) is 53.3 Å². The molecule has 0 bridgehead atoms. The van der Waals surface area contributed by atoms with E-state index in [1.54, 1.807) is 6.20 Å². The summed E-state index contributed by atoms with van der Waals surface area (Å²) in [5.41, 5.74) is 7.31. The lowest BCUT2D eigenvalue weighted by molar-refractivity contribution is 0.0355. The minimum atomic E-state index is 0.0458. The predicted octanol–water partition coefficient (Wildman–Crippen LogP) is 1.28. The highest BCUT2D eigenvalue weighted by Gasteiger charge is 2.33. The Labute approximate surface area is 126 Å². The number of fused-ring (bicyclic) bond motifs is 1. The highest BCUT2D eigenvalue weighted by molar-refractivity contribution is 5.93. The van der Waals surface area contributed by atoms with Gasteiger partial charge in [0.25, 0.3) is 0 Å². The fraction of sp³-hybridized carbons (Fsp3) is 0.625. The molecule has 0 radical (unpaired) electrons. The van der Waals surface area contributed by atoms with E-state index in [1.807, 2.05) is 12.1 Å². The molecule has 1 aromatic heterocycles. The van der Waals surface area contributed by atoms with Crippen molar-refractivity contribution < 1.29 is 0 Å². The molecule has 2 unspecified atom stereocenters. The van der Waals surface area contributed by atoms with Gasteiger partial charge < -0.3 is 10.6 Å². The van der Waals surface area contributed by atoms with E-state index in [0.29, 0.717) is 5.69 Å². The van der Waals surface area contributed by atoms with Crippen molar-refractivity contribution in [3.63, 3.8) is 0 Å². The summed E-state index contributed by atoms with van der Waals surface area (Å²) >= 11 is 0. The maximum atomic E-state index is 7.49. The van der Waals surface area contributed by atoms with E-state index in [1.165, 1.54) is 37.9 Å². The third kappa shape index (κ3) is 3.24. The van der Waals surface area contributed by atoms with Crippen LogP contribution < -0.4 is 5.73 Å². The van der Waals surface area contributed by atoms with Gasteiger partial charge in [0.05, 0.1) is 0 Å². The van der Waals surface area contributed by atoms with Crippen LogP contribution in [0.3, 0.4) is 0 Å². The van der Waals surface area contributed by atoms with Gasteiger partial charge in [0, 0.05) is 25.3 Å². The first-order valence-corrected chi connectivity index (χ1v) is 7.85. The molecular formula is C16H25N5. The molecule has 3 N–H and O–H groups in total. The second-order valence-electron chi connectivity index (χ2n) is 6.44. The molecule has 3 rings (SSSR count). The lowest BCUT2D eigenvalue weighted by Gasteiger charge is -2.46. The highest BCUT2D eigenvalue weighted by atomic mass is 15.2. The number of hydrogen-bond donors (Lipinski definition) is 2. The molecule has 5 nitrogen and oxygen atoms in total. The molecule has 114 valence electrons. The van der Waals surface area contributed by atoms with Gasteiger partial charge in [0.15, 0.2) is 0 Å². The average molecular weight is 287 g/mol. The zero-order chi connectivity index (χ0) is 14.8. The fourth-order valence-electron chi connectivity index (χ4n) is 3.85. The molecule has 2 atom stereocenters. The summed E-state index contributed by atoms with van der Waals surface area (Å²) in [6.45, 7) is 4.54. The Hall–Kier alpha value is -1.46. The van der Waals surface area contributed by atoms with E-state index in [2.05, 4.69) is 21.8 Å². The fourth-order valence-corrected chi connectivity index (χ4v) is 3.85. The van der Waals surface area contributed by atoms with Crippen molar-refractivity contribution in [2.24, 2.45) is 11.7 Å². The number of aromatic nitrogens is 1. The molecule has 0 spiro atoms. The normalized spacial score (nSPS) is 27.3. The van der Waals surface area contributed by atoms with E-state index in [0.717, 1.165) is 25.0 Å². The number of nitrogen functional groups attached to an aromatic ring is 1. The molecule has 1 aromatic rings. The largest absolute Gasteiger partial charge is 0.382 e. The van der Waals surface area contributed by atoms with Crippen LogP contribution in [0.2, 0.25) is 0 Å². The Bertz CT molecular complexity index is 515. The van der Waals surface area contributed by atoms with E-state index >= 15 is 0 Å². The quantitative estimate of drug-likeness (QED) is 0.649. The maximum absolute atomic E-state index is 7.49. The predicted molar refractivity (Wildman–Crippen MR) is 84.3 cm³/mol. The molecule has 2 aliphatic rings. The SMILES string of the molecule is CN1CCCC2CN(Cc3ccnc(C(=N)N)c3)CCC21. The van der Waals surface area contributed by atoms with Crippen LogP contribution in [0.15, 0.2) is 18.3 Å². The van der Waals surface area contributed by atoms with E-state index in [-0.39, 0.29) is 5.84 Å². The molecule has 0 amide bonds. The number of amidine groups is 1. The van der Waals surface area contributed by atoms with Gasteiger partial charge in [0.2, 0.25) is 0 Å². The Kier molecular flexibility index (Phi) is 4.22. The van der Waals surface area contributed by atoms with E-state index in [9.17, 15) is 0 Å². The molecule has 2 saturated heterocycles. The van der Waals surface area contributed by atoms with Crippen molar-refractivity contribution in [3.05, 3.63) is 29.6 Å². The van der Waals surface area contributed by atoms with Gasteiger partial charge in [-0.3, -0.25) is 15.3 Å². The van der Waals surface area contributed by atoms with E-state index < -0.39 is 0 Å². The first-order chi connectivity index (χ1) is 10.1. The molecule has 21 heavy (non-hydrogen) atoms. The summed E-state index contributed by atoms with van der Waals surface area (Å²) in [5, 5.41) is 7.49. The third-order valence-electron chi connectivity index (χ3n) is 4.94. The molecule has 0 aromatic carbocycles. The van der Waals surface area contributed by atoms with Gasteiger partial charge in [-0.2, -0.15) is 0 Å². The second-order valence-corrected chi connectivity index (χ2v) is 6.44. The number of rotatable bonds is 3. The summed E-state index contributed by atoms with van der Waals surface area (Å²) < 4.78 is 0. The molecule has 0 saturated carbocycles. The number of piperidine rings is 2. The lowest BCUT2D eigenvalue weighted by Crippen LogP contribution is -2.52. The second kappa shape index (κ2) is 6.12. The van der Waals surface area contributed by atoms with Crippen LogP contribution in [0.4, 0.5) is 0 Å². The summed E-state index contributed by atoms with van der Waals surface area (Å²) in [5.74, 6) is 0.857. The minimum Gasteiger partial charge on any atom is -0.382 e. The first kappa shape index (κ1) is 14.5. The van der Waals surface area contributed by atoms with Crippen molar-refractivity contribution in [2.75, 3.05) is 26.7 Å². The van der Waals surface area contributed by atoms with Crippen molar-refractivity contribution in [1.29, 1.82) is 5.41 Å². The van der Waals surface area contributed by atoms with E-state index in [4.69, 9.17) is 11.1 Å². The first-order valence-electron chi connectivity index (χ1n) is 7.85.